The predicted molar refractivity (Wildman–Crippen MR) is 105 cm³/mol. The molecule has 0 atom stereocenters. The fraction of sp³-hybridized carbons (Fsp3) is 0.0500. The maximum atomic E-state index is 10.8. The Labute approximate surface area is 152 Å². The van der Waals surface area contributed by atoms with Crippen LogP contribution in [0, 0.1) is 10.1 Å². The smallest absolute Gasteiger partial charge is 0.269 e. The number of oxime groups is 1. The number of nitrogens with zero attached hydrogens (tertiary/aromatic N) is 2. The van der Waals surface area contributed by atoms with Crippen LogP contribution in [0.3, 0.4) is 0 Å². The van der Waals surface area contributed by atoms with Gasteiger partial charge >= 0.3 is 0 Å². The molecule has 3 aromatic carbocycles. The number of non-ortho nitro benzene ring substituents is 1. The van der Waals surface area contributed by atoms with Gasteiger partial charge < -0.3 is 5.21 Å². The monoisotopic (exact) mass is 364 g/mol. The van der Waals surface area contributed by atoms with E-state index in [0.29, 0.717) is 17.4 Å². The molecule has 0 spiro atoms. The van der Waals surface area contributed by atoms with Crippen LogP contribution in [0.5, 0.6) is 0 Å². The molecular weight excluding hydrogens is 347 g/mol. The van der Waals surface area contributed by atoms with Crippen molar-refractivity contribution in [2.75, 3.05) is 6.16 Å². The largest absolute Gasteiger partial charge is 0.411 e. The molecule has 5 nitrogen and oxygen atoms in total. The minimum atomic E-state index is -0.764. The van der Waals surface area contributed by atoms with Crippen molar-refractivity contribution in [1.29, 1.82) is 0 Å². The Morgan fingerprint density at radius 2 is 1.38 bits per heavy atom. The molecule has 0 fully saturated rings. The average Bonchev–Trinajstić information content (AvgIpc) is 2.70. The molecule has 0 aliphatic carbocycles. The summed E-state index contributed by atoms with van der Waals surface area (Å²) in [6.07, 6.45) is 0.539. The fourth-order valence-corrected chi connectivity index (χ4v) is 4.93. The molecule has 0 radical (unpaired) electrons. The number of rotatable bonds is 6. The van der Waals surface area contributed by atoms with Gasteiger partial charge in [0.15, 0.2) is 0 Å². The first kappa shape index (κ1) is 17.8. The van der Waals surface area contributed by atoms with E-state index >= 15 is 0 Å². The fourth-order valence-electron chi connectivity index (χ4n) is 2.65. The zero-order chi connectivity index (χ0) is 18.4. The van der Waals surface area contributed by atoms with E-state index in [1.165, 1.54) is 22.7 Å². The Morgan fingerprint density at radius 3 is 1.81 bits per heavy atom. The molecule has 0 aliphatic heterocycles. The van der Waals surface area contributed by atoms with Crippen LogP contribution in [0.4, 0.5) is 5.69 Å². The lowest BCUT2D eigenvalue weighted by atomic mass is 10.1. The maximum absolute atomic E-state index is 10.8. The molecule has 0 saturated heterocycles. The maximum Gasteiger partial charge on any atom is 0.269 e. The van der Waals surface area contributed by atoms with Crippen LogP contribution < -0.4 is 10.6 Å². The predicted octanol–water partition coefficient (Wildman–Crippen LogP) is 3.91. The van der Waals surface area contributed by atoms with Gasteiger partial charge in [-0.1, -0.05) is 65.8 Å². The highest BCUT2D eigenvalue weighted by molar-refractivity contribution is 7.73. The van der Waals surface area contributed by atoms with Crippen LogP contribution in [0.2, 0.25) is 0 Å². The molecule has 3 aromatic rings. The van der Waals surface area contributed by atoms with Gasteiger partial charge in [0.05, 0.1) is 10.6 Å². The Morgan fingerprint density at radius 1 is 0.885 bits per heavy atom. The molecule has 0 aromatic heterocycles. The van der Waals surface area contributed by atoms with Crippen molar-refractivity contribution >= 4 is 29.9 Å². The molecule has 6 heteroatoms. The number of nitro benzene ring substituents is 1. The first-order valence-electron chi connectivity index (χ1n) is 8.02. The van der Waals surface area contributed by atoms with Crippen molar-refractivity contribution in [2.24, 2.45) is 5.16 Å². The third-order valence-corrected chi connectivity index (χ3v) is 6.43. The van der Waals surface area contributed by atoms with Crippen LogP contribution in [0.1, 0.15) is 5.56 Å². The lowest BCUT2D eigenvalue weighted by Gasteiger charge is -2.19. The van der Waals surface area contributed by atoms with E-state index in [1.807, 2.05) is 36.4 Å². The van der Waals surface area contributed by atoms with Gasteiger partial charge in [0, 0.05) is 23.9 Å². The Balaban J connectivity index is 1.93. The summed E-state index contributed by atoms with van der Waals surface area (Å²) < 4.78 is 0. The molecule has 0 saturated carbocycles. The van der Waals surface area contributed by atoms with Crippen LogP contribution in [0.15, 0.2) is 90.1 Å². The third kappa shape index (κ3) is 4.13. The topological polar surface area (TPSA) is 75.7 Å². The summed E-state index contributed by atoms with van der Waals surface area (Å²) in [5.74, 6) is 0. The Bertz CT molecular complexity index is 858. The molecule has 0 amide bonds. The van der Waals surface area contributed by atoms with Gasteiger partial charge in [0.25, 0.3) is 5.69 Å². The van der Waals surface area contributed by atoms with Gasteiger partial charge in [-0.3, -0.25) is 10.1 Å². The molecule has 130 valence electrons. The number of hydrogen-bond donors (Lipinski definition) is 1. The second kappa shape index (κ2) is 8.37. The van der Waals surface area contributed by atoms with Gasteiger partial charge in [-0.2, -0.15) is 0 Å². The minimum absolute atomic E-state index is 0.0134. The van der Waals surface area contributed by atoms with E-state index in [1.54, 1.807) is 12.1 Å². The zero-order valence-corrected chi connectivity index (χ0v) is 14.8. The van der Waals surface area contributed by atoms with Crippen molar-refractivity contribution in [3.63, 3.8) is 0 Å². The van der Waals surface area contributed by atoms with Gasteiger partial charge in [-0.25, -0.2) is 0 Å². The molecule has 0 unspecified atom stereocenters. The van der Waals surface area contributed by atoms with Gasteiger partial charge in [-0.05, 0) is 30.7 Å². The van der Waals surface area contributed by atoms with E-state index in [-0.39, 0.29) is 5.69 Å². The molecule has 1 N–H and O–H groups in total. The summed E-state index contributed by atoms with van der Waals surface area (Å²) in [5.41, 5.74) is 1.20. The number of benzene rings is 3. The van der Waals surface area contributed by atoms with E-state index in [0.717, 1.165) is 0 Å². The van der Waals surface area contributed by atoms with E-state index in [9.17, 15) is 15.3 Å². The quantitative estimate of drug-likeness (QED) is 0.237. The standard InChI is InChI=1S/C20H17N2O3P/c23-21-20(16-11-13-17(14-12-16)22(24)25)15-26(18-7-3-1-4-8-18)19-9-5-2-6-10-19/h1-14,23H,15H2. The van der Waals surface area contributed by atoms with Crippen LogP contribution in [-0.4, -0.2) is 22.0 Å². The van der Waals surface area contributed by atoms with Crippen LogP contribution >= 0.6 is 7.92 Å². The van der Waals surface area contributed by atoms with Gasteiger partial charge in [0.2, 0.25) is 0 Å². The molecule has 0 aliphatic rings. The van der Waals surface area contributed by atoms with E-state index in [2.05, 4.69) is 29.4 Å². The van der Waals surface area contributed by atoms with Crippen molar-refractivity contribution < 1.29 is 10.1 Å². The van der Waals surface area contributed by atoms with Crippen molar-refractivity contribution in [2.45, 2.75) is 0 Å². The normalized spacial score (nSPS) is 11.5. The molecule has 26 heavy (non-hydrogen) atoms. The van der Waals surface area contributed by atoms with E-state index in [4.69, 9.17) is 0 Å². The van der Waals surface area contributed by atoms with E-state index < -0.39 is 12.8 Å². The lowest BCUT2D eigenvalue weighted by molar-refractivity contribution is -0.384. The summed E-state index contributed by atoms with van der Waals surface area (Å²) in [7, 11) is -0.764. The Hall–Kier alpha value is -3.04. The summed E-state index contributed by atoms with van der Waals surface area (Å²) in [6.45, 7) is 0. The summed E-state index contributed by atoms with van der Waals surface area (Å²) >= 11 is 0. The third-order valence-electron chi connectivity index (χ3n) is 3.98. The Kier molecular flexibility index (Phi) is 5.72. The highest BCUT2D eigenvalue weighted by Crippen LogP contribution is 2.34. The highest BCUT2D eigenvalue weighted by Gasteiger charge is 2.18. The van der Waals surface area contributed by atoms with Crippen molar-refractivity contribution in [3.8, 4) is 0 Å². The molecule has 0 bridgehead atoms. The SMILES string of the molecule is O=[N+]([O-])c1ccc(C(CP(c2ccccc2)c2ccccc2)=NO)cc1. The molecular formula is C20H17N2O3P. The van der Waals surface area contributed by atoms with Gasteiger partial charge in [0.1, 0.15) is 0 Å². The summed E-state index contributed by atoms with van der Waals surface area (Å²) in [4.78, 5) is 10.4. The molecule has 0 heterocycles. The van der Waals surface area contributed by atoms with Crippen LogP contribution in [0.25, 0.3) is 0 Å². The van der Waals surface area contributed by atoms with Crippen molar-refractivity contribution in [3.05, 3.63) is 101 Å². The summed E-state index contributed by atoms with van der Waals surface area (Å²) in [6, 6.07) is 26.3. The second-order valence-corrected chi connectivity index (χ2v) is 7.81. The average molecular weight is 364 g/mol. The number of hydrogen-bond acceptors (Lipinski definition) is 4. The lowest BCUT2D eigenvalue weighted by Crippen LogP contribution is -2.19. The second-order valence-electron chi connectivity index (χ2n) is 5.61. The zero-order valence-electron chi connectivity index (χ0n) is 13.9. The number of nitro groups is 1. The van der Waals surface area contributed by atoms with Gasteiger partial charge in [-0.15, -0.1) is 0 Å². The minimum Gasteiger partial charge on any atom is -0.411 e. The first-order valence-corrected chi connectivity index (χ1v) is 9.55. The molecule has 3 rings (SSSR count). The van der Waals surface area contributed by atoms with Crippen LogP contribution in [-0.2, 0) is 0 Å². The highest BCUT2D eigenvalue weighted by atomic mass is 31.1. The van der Waals surface area contributed by atoms with Crippen molar-refractivity contribution in [1.82, 2.24) is 0 Å². The summed E-state index contributed by atoms with van der Waals surface area (Å²) in [5, 5.41) is 26.2. The first-order chi connectivity index (χ1) is 12.7.